The molecule has 4 rings (SSSR count). The fraction of sp³-hybridized carbons (Fsp3) is 0.333. The van der Waals surface area contributed by atoms with Gasteiger partial charge in [0.05, 0.1) is 18.1 Å². The third-order valence-corrected chi connectivity index (χ3v) is 5.29. The first-order valence-corrected chi connectivity index (χ1v) is 8.99. The van der Waals surface area contributed by atoms with E-state index in [4.69, 9.17) is 4.74 Å². The number of halogens is 1. The number of benzene rings is 1. The van der Waals surface area contributed by atoms with Crippen LogP contribution in [0.3, 0.4) is 0 Å². The zero-order valence-corrected chi connectivity index (χ0v) is 14.2. The second-order valence-corrected chi connectivity index (χ2v) is 6.74. The lowest BCUT2D eigenvalue weighted by Gasteiger charge is -2.33. The highest BCUT2D eigenvalue weighted by Crippen LogP contribution is 2.38. The van der Waals surface area contributed by atoms with Crippen LogP contribution in [0.25, 0.3) is 21.3 Å². The van der Waals surface area contributed by atoms with Crippen LogP contribution in [-0.4, -0.2) is 35.8 Å². The van der Waals surface area contributed by atoms with Gasteiger partial charge in [0.2, 0.25) is 0 Å². The zero-order chi connectivity index (χ0) is 16.5. The summed E-state index contributed by atoms with van der Waals surface area (Å²) in [4.78, 5) is 12.2. The molecule has 0 saturated carbocycles. The van der Waals surface area contributed by atoms with Crippen molar-refractivity contribution in [3.8, 4) is 11.1 Å². The number of nitrogens with zero attached hydrogens (tertiary/aromatic N) is 3. The van der Waals surface area contributed by atoms with Crippen LogP contribution in [0.4, 0.5) is 10.2 Å². The zero-order valence-electron chi connectivity index (χ0n) is 13.4. The van der Waals surface area contributed by atoms with E-state index in [1.165, 1.54) is 12.1 Å². The van der Waals surface area contributed by atoms with Crippen molar-refractivity contribution < 1.29 is 9.13 Å². The fourth-order valence-electron chi connectivity index (χ4n) is 3.10. The van der Waals surface area contributed by atoms with Crippen LogP contribution in [0.1, 0.15) is 13.3 Å². The molecule has 124 valence electrons. The van der Waals surface area contributed by atoms with E-state index < -0.39 is 0 Å². The van der Waals surface area contributed by atoms with E-state index in [0.717, 1.165) is 46.7 Å². The molecular weight excluding hydrogens is 325 g/mol. The Morgan fingerprint density at radius 2 is 2.12 bits per heavy atom. The largest absolute Gasteiger partial charge is 0.375 e. The summed E-state index contributed by atoms with van der Waals surface area (Å²) in [7, 11) is 0. The summed E-state index contributed by atoms with van der Waals surface area (Å²) in [5.41, 5.74) is 2.05. The van der Waals surface area contributed by atoms with Crippen molar-refractivity contribution in [1.29, 1.82) is 0 Å². The number of ether oxygens (including phenoxy) is 1. The summed E-state index contributed by atoms with van der Waals surface area (Å²) < 4.78 is 19.0. The molecule has 0 bridgehead atoms. The minimum Gasteiger partial charge on any atom is -0.375 e. The Labute approximate surface area is 143 Å². The predicted octanol–water partition coefficient (Wildman–Crippen LogP) is 4.11. The molecule has 1 aromatic carbocycles. The molecular formula is C18H18FN3OS. The fourth-order valence-corrected chi connectivity index (χ4v) is 4.01. The third kappa shape index (κ3) is 2.76. The molecule has 1 atom stereocenters. The van der Waals surface area contributed by atoms with Crippen molar-refractivity contribution in [3.63, 3.8) is 0 Å². The molecule has 0 amide bonds. The lowest BCUT2D eigenvalue weighted by atomic mass is 10.1. The monoisotopic (exact) mass is 343 g/mol. The van der Waals surface area contributed by atoms with Gasteiger partial charge in [-0.25, -0.2) is 14.4 Å². The highest BCUT2D eigenvalue weighted by Gasteiger charge is 2.23. The molecule has 1 saturated heterocycles. The first-order chi connectivity index (χ1) is 11.8. The van der Waals surface area contributed by atoms with Crippen molar-refractivity contribution in [2.24, 2.45) is 0 Å². The number of morpholine rings is 1. The summed E-state index contributed by atoms with van der Waals surface area (Å²) >= 11 is 1.59. The van der Waals surface area contributed by atoms with E-state index in [1.54, 1.807) is 17.7 Å². The van der Waals surface area contributed by atoms with Crippen molar-refractivity contribution in [2.45, 2.75) is 19.4 Å². The molecule has 0 radical (unpaired) electrons. The van der Waals surface area contributed by atoms with E-state index in [0.29, 0.717) is 6.61 Å². The molecule has 3 aromatic rings. The molecule has 0 N–H and O–H groups in total. The summed E-state index contributed by atoms with van der Waals surface area (Å²) in [6.07, 6.45) is 2.84. The van der Waals surface area contributed by atoms with Gasteiger partial charge in [0, 0.05) is 24.0 Å². The maximum absolute atomic E-state index is 13.3. The highest BCUT2D eigenvalue weighted by molar-refractivity contribution is 7.17. The van der Waals surface area contributed by atoms with Crippen LogP contribution in [0.2, 0.25) is 0 Å². The maximum Gasteiger partial charge on any atom is 0.141 e. The van der Waals surface area contributed by atoms with Crippen LogP contribution in [0, 0.1) is 5.82 Å². The van der Waals surface area contributed by atoms with Crippen LogP contribution >= 0.6 is 11.3 Å². The van der Waals surface area contributed by atoms with Gasteiger partial charge in [0.25, 0.3) is 0 Å². The van der Waals surface area contributed by atoms with Gasteiger partial charge in [0.15, 0.2) is 0 Å². The van der Waals surface area contributed by atoms with E-state index in [-0.39, 0.29) is 11.9 Å². The molecule has 4 nitrogen and oxygen atoms in total. The van der Waals surface area contributed by atoms with Gasteiger partial charge in [-0.3, -0.25) is 0 Å². The number of thiophene rings is 1. The van der Waals surface area contributed by atoms with Gasteiger partial charge in [-0.15, -0.1) is 11.3 Å². The Balaban J connectivity index is 1.81. The third-order valence-electron chi connectivity index (χ3n) is 4.40. The minimum absolute atomic E-state index is 0.228. The van der Waals surface area contributed by atoms with Gasteiger partial charge in [-0.2, -0.15) is 0 Å². The molecule has 1 fully saturated rings. The molecule has 2 aromatic heterocycles. The van der Waals surface area contributed by atoms with E-state index >= 15 is 0 Å². The second-order valence-electron chi connectivity index (χ2n) is 5.88. The Morgan fingerprint density at radius 3 is 2.92 bits per heavy atom. The van der Waals surface area contributed by atoms with Crippen LogP contribution in [0.15, 0.2) is 36.0 Å². The molecule has 0 aliphatic carbocycles. The number of anilines is 1. The quantitative estimate of drug-likeness (QED) is 0.717. The number of rotatable bonds is 3. The summed E-state index contributed by atoms with van der Waals surface area (Å²) in [5.74, 6) is 0.719. The minimum atomic E-state index is -0.228. The average molecular weight is 343 g/mol. The van der Waals surface area contributed by atoms with Gasteiger partial charge in [0.1, 0.15) is 22.8 Å². The summed E-state index contributed by atoms with van der Waals surface area (Å²) in [6, 6.07) is 6.60. The Morgan fingerprint density at radius 1 is 1.29 bits per heavy atom. The van der Waals surface area contributed by atoms with Crippen LogP contribution < -0.4 is 4.90 Å². The van der Waals surface area contributed by atoms with Gasteiger partial charge in [-0.05, 0) is 24.1 Å². The van der Waals surface area contributed by atoms with Crippen LogP contribution in [0.5, 0.6) is 0 Å². The lowest BCUT2D eigenvalue weighted by molar-refractivity contribution is 0.0382. The molecule has 1 unspecified atom stereocenters. The molecule has 6 heteroatoms. The summed E-state index contributed by atoms with van der Waals surface area (Å²) in [5, 5.41) is 3.12. The second kappa shape index (κ2) is 6.45. The number of hydrogen-bond donors (Lipinski definition) is 0. The Hall–Kier alpha value is -2.05. The first-order valence-electron chi connectivity index (χ1n) is 8.11. The molecule has 1 aliphatic rings. The maximum atomic E-state index is 13.3. The van der Waals surface area contributed by atoms with Crippen molar-refractivity contribution >= 4 is 27.4 Å². The number of hydrogen-bond acceptors (Lipinski definition) is 5. The molecule has 3 heterocycles. The Kier molecular flexibility index (Phi) is 4.16. The first kappa shape index (κ1) is 15.5. The standard InChI is InChI=1S/C18H18FN3OS/c1-2-14-9-22(7-8-23-14)17-16-15(10-24-18(16)21-11-20-17)12-3-5-13(19)6-4-12/h3-6,10-11,14H,2,7-9H2,1H3. The average Bonchev–Trinajstić information content (AvgIpc) is 3.06. The lowest BCUT2D eigenvalue weighted by Crippen LogP contribution is -2.42. The van der Waals surface area contributed by atoms with E-state index in [1.807, 2.05) is 12.1 Å². The van der Waals surface area contributed by atoms with Gasteiger partial charge in [-0.1, -0.05) is 19.1 Å². The molecule has 24 heavy (non-hydrogen) atoms. The van der Waals surface area contributed by atoms with E-state index in [9.17, 15) is 4.39 Å². The SMILES string of the molecule is CCC1CN(c2ncnc3scc(-c4ccc(F)cc4)c23)CCO1. The smallest absolute Gasteiger partial charge is 0.141 e. The van der Waals surface area contributed by atoms with Crippen molar-refractivity contribution in [1.82, 2.24) is 9.97 Å². The van der Waals surface area contributed by atoms with E-state index in [2.05, 4.69) is 27.2 Å². The van der Waals surface area contributed by atoms with Crippen molar-refractivity contribution in [3.05, 3.63) is 41.8 Å². The number of aromatic nitrogens is 2. The van der Waals surface area contributed by atoms with Gasteiger partial charge < -0.3 is 9.64 Å². The Bertz CT molecular complexity index is 849. The molecule has 1 aliphatic heterocycles. The van der Waals surface area contributed by atoms with Gasteiger partial charge >= 0.3 is 0 Å². The molecule has 0 spiro atoms. The number of fused-ring (bicyclic) bond motifs is 1. The van der Waals surface area contributed by atoms with Crippen molar-refractivity contribution in [2.75, 3.05) is 24.6 Å². The normalized spacial score (nSPS) is 18.2. The summed E-state index contributed by atoms with van der Waals surface area (Å²) in [6.45, 7) is 4.50. The topological polar surface area (TPSA) is 38.2 Å². The predicted molar refractivity (Wildman–Crippen MR) is 95.1 cm³/mol. The highest BCUT2D eigenvalue weighted by atomic mass is 32.1. The van der Waals surface area contributed by atoms with Crippen LogP contribution in [-0.2, 0) is 4.74 Å².